The van der Waals surface area contributed by atoms with Crippen LogP contribution in [-0.2, 0) is 19.1 Å². The summed E-state index contributed by atoms with van der Waals surface area (Å²) in [5.41, 5.74) is 0. The fourth-order valence-corrected chi connectivity index (χ4v) is 1.69. The van der Waals surface area contributed by atoms with Gasteiger partial charge in [-0.3, -0.25) is 9.59 Å². The summed E-state index contributed by atoms with van der Waals surface area (Å²) in [6.07, 6.45) is -0.414. The van der Waals surface area contributed by atoms with Crippen LogP contribution < -0.4 is 0 Å². The molecule has 0 aliphatic carbocycles. The van der Waals surface area contributed by atoms with Gasteiger partial charge in [0.25, 0.3) is 0 Å². The molecule has 1 aliphatic heterocycles. The van der Waals surface area contributed by atoms with Crippen LogP contribution in [0.15, 0.2) is 0 Å². The summed E-state index contributed by atoms with van der Waals surface area (Å²) in [7, 11) is 0. The van der Waals surface area contributed by atoms with Gasteiger partial charge >= 0.3 is 11.9 Å². The van der Waals surface area contributed by atoms with Gasteiger partial charge in [-0.2, -0.15) is 0 Å². The summed E-state index contributed by atoms with van der Waals surface area (Å²) in [6, 6.07) is 0. The van der Waals surface area contributed by atoms with Crippen LogP contribution >= 0.6 is 0 Å². The summed E-state index contributed by atoms with van der Waals surface area (Å²) < 4.78 is 21.5. The number of cyclic esters (lactones) is 1. The maximum atomic E-state index is 12.4. The van der Waals surface area contributed by atoms with E-state index >= 15 is 0 Å². The van der Waals surface area contributed by atoms with E-state index in [4.69, 9.17) is 6.92 Å². The van der Waals surface area contributed by atoms with E-state index in [1.165, 1.54) is 0 Å². The molecule has 0 aromatic heterocycles. The van der Waals surface area contributed by atoms with Crippen molar-refractivity contribution in [2.75, 3.05) is 13.3 Å². The van der Waals surface area contributed by atoms with Crippen LogP contribution in [0.4, 0.5) is 4.39 Å². The Labute approximate surface area is 87.7 Å². The Bertz CT molecular complexity index is 254. The van der Waals surface area contributed by atoms with E-state index in [0.717, 1.165) is 0 Å². The number of rotatable bonds is 5. The molecule has 0 amide bonds. The molecule has 0 spiro atoms. The van der Waals surface area contributed by atoms with E-state index < -0.39 is 36.6 Å². The predicted molar refractivity (Wildman–Crippen MR) is 48.4 cm³/mol. The molecule has 1 saturated heterocycles. The number of hydrogen-bond acceptors (Lipinski definition) is 4. The third-order valence-corrected chi connectivity index (χ3v) is 2.49. The summed E-state index contributed by atoms with van der Waals surface area (Å²) in [5, 5.41) is 0. The Kier molecular flexibility index (Phi) is 4.05. The SMILES string of the molecule is [CH]COC(=O)C(CC)C1C(=O)OC1CF. The van der Waals surface area contributed by atoms with Crippen LogP contribution in [0.25, 0.3) is 0 Å². The van der Waals surface area contributed by atoms with E-state index in [2.05, 4.69) is 9.47 Å². The molecule has 0 aromatic carbocycles. The van der Waals surface area contributed by atoms with Crippen molar-refractivity contribution < 1.29 is 23.5 Å². The normalized spacial score (nSPS) is 26.5. The smallest absolute Gasteiger partial charge is 0.314 e. The Morgan fingerprint density at radius 1 is 1.73 bits per heavy atom. The lowest BCUT2D eigenvalue weighted by molar-refractivity contribution is -0.197. The minimum Gasteiger partial charge on any atom is -0.465 e. The highest BCUT2D eigenvalue weighted by molar-refractivity contribution is 5.86. The van der Waals surface area contributed by atoms with Gasteiger partial charge in [-0.05, 0) is 6.42 Å². The maximum Gasteiger partial charge on any atom is 0.314 e. The second-order valence-electron chi connectivity index (χ2n) is 3.30. The first-order chi connectivity index (χ1) is 7.15. The van der Waals surface area contributed by atoms with Gasteiger partial charge in [-0.15, -0.1) is 0 Å². The lowest BCUT2D eigenvalue weighted by Crippen LogP contribution is -2.52. The number of hydrogen-bond donors (Lipinski definition) is 0. The van der Waals surface area contributed by atoms with Crippen molar-refractivity contribution in [3.8, 4) is 0 Å². The molecule has 3 unspecified atom stereocenters. The van der Waals surface area contributed by atoms with Crippen molar-refractivity contribution >= 4 is 11.9 Å². The lowest BCUT2D eigenvalue weighted by atomic mass is 9.82. The number of halogens is 1. The largest absolute Gasteiger partial charge is 0.465 e. The van der Waals surface area contributed by atoms with Gasteiger partial charge in [0.1, 0.15) is 18.7 Å². The third kappa shape index (κ3) is 2.27. The molecule has 1 rings (SSSR count). The number of carbonyl (C=O) groups is 2. The molecular formula is C10H13FO4. The van der Waals surface area contributed by atoms with Crippen molar-refractivity contribution in [1.29, 1.82) is 0 Å². The van der Waals surface area contributed by atoms with Gasteiger partial charge in [-0.1, -0.05) is 6.92 Å². The number of esters is 2. The molecule has 0 bridgehead atoms. The Morgan fingerprint density at radius 3 is 2.80 bits per heavy atom. The standard InChI is InChI=1S/C10H13FO4/c1-3-6(9(12)14-4-2)8-7(5-11)15-10(8)13/h2,6-8H,3-5H2,1H3. The first-order valence-electron chi connectivity index (χ1n) is 4.78. The number of carbonyl (C=O) groups excluding carboxylic acids is 2. The van der Waals surface area contributed by atoms with Gasteiger partial charge in [0.15, 0.2) is 0 Å². The molecule has 1 heterocycles. The second kappa shape index (κ2) is 5.09. The maximum absolute atomic E-state index is 12.4. The molecule has 2 radical (unpaired) electrons. The van der Waals surface area contributed by atoms with Gasteiger partial charge in [0.2, 0.25) is 0 Å². The van der Waals surface area contributed by atoms with Crippen LogP contribution in [-0.4, -0.2) is 31.3 Å². The van der Waals surface area contributed by atoms with Crippen molar-refractivity contribution in [1.82, 2.24) is 0 Å². The summed E-state index contributed by atoms with van der Waals surface area (Å²) >= 11 is 0. The van der Waals surface area contributed by atoms with E-state index in [9.17, 15) is 14.0 Å². The fraction of sp³-hybridized carbons (Fsp3) is 0.700. The summed E-state index contributed by atoms with van der Waals surface area (Å²) in [5.74, 6) is -2.49. The molecule has 5 heteroatoms. The Morgan fingerprint density at radius 2 is 2.40 bits per heavy atom. The minimum absolute atomic E-state index is 0.239. The second-order valence-corrected chi connectivity index (χ2v) is 3.30. The van der Waals surface area contributed by atoms with Crippen LogP contribution in [0.3, 0.4) is 0 Å². The summed E-state index contributed by atoms with van der Waals surface area (Å²) in [6.45, 7) is 5.76. The third-order valence-electron chi connectivity index (χ3n) is 2.49. The van der Waals surface area contributed by atoms with E-state index in [0.29, 0.717) is 6.42 Å². The lowest BCUT2D eigenvalue weighted by Gasteiger charge is -2.36. The van der Waals surface area contributed by atoms with Crippen LogP contribution in [0.2, 0.25) is 0 Å². The van der Waals surface area contributed by atoms with Gasteiger partial charge < -0.3 is 9.47 Å². The predicted octanol–water partition coefficient (Wildman–Crippen LogP) is 0.778. The van der Waals surface area contributed by atoms with Gasteiger partial charge in [-0.25, -0.2) is 4.39 Å². The highest BCUT2D eigenvalue weighted by Gasteiger charge is 2.49. The zero-order valence-electron chi connectivity index (χ0n) is 8.44. The monoisotopic (exact) mass is 216 g/mol. The molecule has 0 N–H and O–H groups in total. The minimum atomic E-state index is -0.812. The molecule has 0 saturated carbocycles. The first-order valence-corrected chi connectivity index (χ1v) is 4.78. The van der Waals surface area contributed by atoms with Crippen molar-refractivity contribution in [3.63, 3.8) is 0 Å². The quantitative estimate of drug-likeness (QED) is 0.637. The van der Waals surface area contributed by atoms with Gasteiger partial charge in [0, 0.05) is 6.92 Å². The Balaban J connectivity index is 2.64. The topological polar surface area (TPSA) is 52.6 Å². The van der Waals surface area contributed by atoms with Crippen LogP contribution in [0.1, 0.15) is 13.3 Å². The van der Waals surface area contributed by atoms with E-state index in [-0.39, 0.29) is 6.61 Å². The molecule has 84 valence electrons. The average molecular weight is 216 g/mol. The van der Waals surface area contributed by atoms with Crippen molar-refractivity contribution in [3.05, 3.63) is 6.92 Å². The molecule has 4 nitrogen and oxygen atoms in total. The molecule has 15 heavy (non-hydrogen) atoms. The molecule has 1 aliphatic rings. The first kappa shape index (κ1) is 11.9. The van der Waals surface area contributed by atoms with Crippen LogP contribution in [0, 0.1) is 18.8 Å². The van der Waals surface area contributed by atoms with E-state index in [1.807, 2.05) is 0 Å². The zero-order valence-corrected chi connectivity index (χ0v) is 8.44. The number of alkyl halides is 1. The van der Waals surface area contributed by atoms with Crippen molar-refractivity contribution in [2.45, 2.75) is 19.4 Å². The Hall–Kier alpha value is -1.13. The van der Waals surface area contributed by atoms with Gasteiger partial charge in [0.05, 0.1) is 12.5 Å². The molecule has 3 atom stereocenters. The zero-order chi connectivity index (χ0) is 11.4. The highest BCUT2D eigenvalue weighted by atomic mass is 19.1. The molecular weight excluding hydrogens is 203 g/mol. The average Bonchev–Trinajstić information content (AvgIpc) is 2.22. The van der Waals surface area contributed by atoms with E-state index in [1.54, 1.807) is 6.92 Å². The highest BCUT2D eigenvalue weighted by Crippen LogP contribution is 2.32. The fourth-order valence-electron chi connectivity index (χ4n) is 1.69. The van der Waals surface area contributed by atoms with Crippen LogP contribution in [0.5, 0.6) is 0 Å². The number of ether oxygens (including phenoxy) is 2. The van der Waals surface area contributed by atoms with Crippen molar-refractivity contribution in [2.24, 2.45) is 11.8 Å². The molecule has 1 fully saturated rings. The molecule has 0 aromatic rings. The summed E-state index contributed by atoms with van der Waals surface area (Å²) in [4.78, 5) is 22.5.